The standard InChI is InChI=1S/C28H34FNO3/c1-18(2)30-24-9-7-6-8-23(24)27(19-10-12-20(29)13-11-19)25(30)15-14-21(31)16-22(32)17-26(33)28(3,4)5/h6-15,18,21-22,31-32H,16-17H2,1-5H3/b15-14+/t21-,22-/m0/s1. The van der Waals surface area contributed by atoms with Gasteiger partial charge >= 0.3 is 0 Å². The molecule has 0 bridgehead atoms. The van der Waals surface area contributed by atoms with E-state index in [1.54, 1.807) is 18.2 Å². The van der Waals surface area contributed by atoms with E-state index in [4.69, 9.17) is 0 Å². The maximum absolute atomic E-state index is 13.6. The SMILES string of the molecule is CC(C)n1c(/C=C/[C@H](O)C[C@H](O)CC(=O)C(C)(C)C)c(-c2ccc(F)cc2)c2ccccc21. The van der Waals surface area contributed by atoms with Gasteiger partial charge < -0.3 is 14.8 Å². The minimum absolute atomic E-state index is 0.0154. The van der Waals surface area contributed by atoms with Crippen LogP contribution in [0.5, 0.6) is 0 Å². The quantitative estimate of drug-likeness (QED) is 0.431. The Balaban J connectivity index is 1.97. The number of nitrogens with zero attached hydrogens (tertiary/aromatic N) is 1. The Kier molecular flexibility index (Phi) is 7.55. The maximum Gasteiger partial charge on any atom is 0.140 e. The fourth-order valence-electron chi connectivity index (χ4n) is 4.09. The Bertz CT molecular complexity index is 1140. The number of benzene rings is 2. The van der Waals surface area contributed by atoms with Crippen LogP contribution < -0.4 is 0 Å². The lowest BCUT2D eigenvalue weighted by molar-refractivity contribution is -0.128. The summed E-state index contributed by atoms with van der Waals surface area (Å²) in [6.07, 6.45) is 1.79. The highest BCUT2D eigenvalue weighted by atomic mass is 19.1. The summed E-state index contributed by atoms with van der Waals surface area (Å²) in [6, 6.07) is 14.6. The van der Waals surface area contributed by atoms with Crippen LogP contribution in [0.4, 0.5) is 4.39 Å². The molecule has 2 atom stereocenters. The van der Waals surface area contributed by atoms with Gasteiger partial charge in [0.1, 0.15) is 11.6 Å². The zero-order valence-electron chi connectivity index (χ0n) is 20.0. The molecule has 2 aromatic carbocycles. The lowest BCUT2D eigenvalue weighted by Gasteiger charge is -2.20. The molecule has 0 aliphatic rings. The van der Waals surface area contributed by atoms with Gasteiger partial charge in [0.25, 0.3) is 0 Å². The zero-order chi connectivity index (χ0) is 24.3. The molecule has 0 spiro atoms. The molecule has 0 saturated heterocycles. The van der Waals surface area contributed by atoms with Crippen molar-refractivity contribution in [1.82, 2.24) is 4.57 Å². The molecule has 0 fully saturated rings. The molecule has 1 aromatic heterocycles. The van der Waals surface area contributed by atoms with Crippen LogP contribution in [0, 0.1) is 11.2 Å². The van der Waals surface area contributed by atoms with Gasteiger partial charge in [0.2, 0.25) is 0 Å². The normalized spacial score (nSPS) is 14.3. The van der Waals surface area contributed by atoms with E-state index in [0.29, 0.717) is 0 Å². The summed E-state index contributed by atoms with van der Waals surface area (Å²) in [7, 11) is 0. The lowest BCUT2D eigenvalue weighted by atomic mass is 9.87. The summed E-state index contributed by atoms with van der Waals surface area (Å²) < 4.78 is 15.8. The van der Waals surface area contributed by atoms with Gasteiger partial charge in [-0.1, -0.05) is 57.2 Å². The van der Waals surface area contributed by atoms with E-state index >= 15 is 0 Å². The van der Waals surface area contributed by atoms with E-state index in [2.05, 4.69) is 24.5 Å². The predicted octanol–water partition coefficient (Wildman–Crippen LogP) is 6.16. The van der Waals surface area contributed by atoms with Crippen molar-refractivity contribution < 1.29 is 19.4 Å². The number of aliphatic hydroxyl groups is 2. The number of Topliss-reactive ketones (excluding diaryl/α,β-unsaturated/α-hetero) is 1. The lowest BCUT2D eigenvalue weighted by Crippen LogP contribution is -2.27. The third kappa shape index (κ3) is 5.79. The van der Waals surface area contributed by atoms with Crippen molar-refractivity contribution >= 4 is 22.8 Å². The molecule has 0 amide bonds. The van der Waals surface area contributed by atoms with Crippen molar-refractivity contribution in [3.8, 4) is 11.1 Å². The molecular weight excluding hydrogens is 417 g/mol. The van der Waals surface area contributed by atoms with Gasteiger partial charge in [-0.3, -0.25) is 4.79 Å². The summed E-state index contributed by atoms with van der Waals surface area (Å²) >= 11 is 0. The number of carbonyl (C=O) groups is 1. The molecular formula is C28H34FNO3. The van der Waals surface area contributed by atoms with Crippen molar-refractivity contribution in [2.75, 3.05) is 0 Å². The van der Waals surface area contributed by atoms with Crippen molar-refractivity contribution in [3.63, 3.8) is 0 Å². The smallest absolute Gasteiger partial charge is 0.140 e. The van der Waals surface area contributed by atoms with Crippen molar-refractivity contribution in [3.05, 3.63) is 66.1 Å². The molecule has 3 rings (SSSR count). The number of carbonyl (C=O) groups excluding carboxylic acids is 1. The van der Waals surface area contributed by atoms with Crippen LogP contribution >= 0.6 is 0 Å². The van der Waals surface area contributed by atoms with Crippen LogP contribution in [0.25, 0.3) is 28.1 Å². The number of hydrogen-bond donors (Lipinski definition) is 2. The third-order valence-corrected chi connectivity index (χ3v) is 5.85. The monoisotopic (exact) mass is 451 g/mol. The van der Waals surface area contributed by atoms with E-state index < -0.39 is 17.6 Å². The highest BCUT2D eigenvalue weighted by Gasteiger charge is 2.25. The average Bonchev–Trinajstić information content (AvgIpc) is 3.06. The van der Waals surface area contributed by atoms with Gasteiger partial charge in [0.05, 0.1) is 12.2 Å². The summed E-state index contributed by atoms with van der Waals surface area (Å²) in [5.74, 6) is -0.331. The molecule has 0 aliphatic heterocycles. The fourth-order valence-corrected chi connectivity index (χ4v) is 4.09. The second-order valence-electron chi connectivity index (χ2n) is 9.94. The zero-order valence-corrected chi connectivity index (χ0v) is 20.0. The second kappa shape index (κ2) is 10.0. The molecule has 3 aromatic rings. The number of para-hydroxylation sites is 1. The Morgan fingerprint density at radius 2 is 1.70 bits per heavy atom. The van der Waals surface area contributed by atoms with Gasteiger partial charge in [-0.05, 0) is 43.7 Å². The molecule has 4 nitrogen and oxygen atoms in total. The minimum atomic E-state index is -0.913. The van der Waals surface area contributed by atoms with Crippen molar-refractivity contribution in [1.29, 1.82) is 0 Å². The molecule has 0 radical (unpaired) electrons. The Morgan fingerprint density at radius 1 is 1.06 bits per heavy atom. The number of aromatic nitrogens is 1. The first-order chi connectivity index (χ1) is 15.5. The summed E-state index contributed by atoms with van der Waals surface area (Å²) in [5.41, 5.74) is 3.28. The van der Waals surface area contributed by atoms with Crippen LogP contribution in [0.3, 0.4) is 0 Å². The highest BCUT2D eigenvalue weighted by molar-refractivity contribution is 6.01. The van der Waals surface area contributed by atoms with E-state index in [9.17, 15) is 19.4 Å². The third-order valence-electron chi connectivity index (χ3n) is 5.85. The molecule has 1 heterocycles. The van der Waals surface area contributed by atoms with Crippen LogP contribution in [0.2, 0.25) is 0 Å². The highest BCUT2D eigenvalue weighted by Crippen LogP contribution is 2.38. The fraction of sp³-hybridized carbons (Fsp3) is 0.393. The van der Waals surface area contributed by atoms with E-state index in [-0.39, 0.29) is 30.5 Å². The summed E-state index contributed by atoms with van der Waals surface area (Å²) in [6.45, 7) is 9.65. The van der Waals surface area contributed by atoms with Crippen LogP contribution in [-0.4, -0.2) is 32.8 Å². The first-order valence-corrected chi connectivity index (χ1v) is 11.5. The second-order valence-corrected chi connectivity index (χ2v) is 9.94. The van der Waals surface area contributed by atoms with Crippen LogP contribution in [-0.2, 0) is 4.79 Å². The van der Waals surface area contributed by atoms with Gasteiger partial charge in [-0.15, -0.1) is 0 Å². The van der Waals surface area contributed by atoms with E-state index in [0.717, 1.165) is 27.7 Å². The predicted molar refractivity (Wildman–Crippen MR) is 132 cm³/mol. The van der Waals surface area contributed by atoms with Crippen LogP contribution in [0.1, 0.15) is 59.2 Å². The number of ketones is 1. The molecule has 0 saturated carbocycles. The van der Waals surface area contributed by atoms with Gasteiger partial charge in [0, 0.05) is 46.5 Å². The van der Waals surface area contributed by atoms with E-state index in [1.807, 2.05) is 45.0 Å². The number of fused-ring (bicyclic) bond motifs is 1. The van der Waals surface area contributed by atoms with Crippen molar-refractivity contribution in [2.45, 2.75) is 65.7 Å². The molecule has 176 valence electrons. The molecule has 2 N–H and O–H groups in total. The molecule has 0 unspecified atom stereocenters. The van der Waals surface area contributed by atoms with Gasteiger partial charge in [-0.2, -0.15) is 0 Å². The maximum atomic E-state index is 13.6. The number of rotatable bonds is 8. The topological polar surface area (TPSA) is 62.5 Å². The number of hydrogen-bond acceptors (Lipinski definition) is 3. The number of halogens is 1. The van der Waals surface area contributed by atoms with E-state index in [1.165, 1.54) is 12.1 Å². The molecule has 33 heavy (non-hydrogen) atoms. The Hall–Kier alpha value is -2.76. The summed E-state index contributed by atoms with van der Waals surface area (Å²) in [5, 5.41) is 21.9. The average molecular weight is 452 g/mol. The molecule has 5 heteroatoms. The van der Waals surface area contributed by atoms with Gasteiger partial charge in [0.15, 0.2) is 0 Å². The Labute approximate surface area is 195 Å². The van der Waals surface area contributed by atoms with Gasteiger partial charge in [-0.25, -0.2) is 4.39 Å². The molecule has 0 aliphatic carbocycles. The number of aliphatic hydroxyl groups excluding tert-OH is 2. The largest absolute Gasteiger partial charge is 0.393 e. The van der Waals surface area contributed by atoms with Crippen LogP contribution in [0.15, 0.2) is 54.6 Å². The Morgan fingerprint density at radius 3 is 2.30 bits per heavy atom. The minimum Gasteiger partial charge on any atom is -0.393 e. The first-order valence-electron chi connectivity index (χ1n) is 11.5. The summed E-state index contributed by atoms with van der Waals surface area (Å²) in [4.78, 5) is 12.2. The van der Waals surface area contributed by atoms with Crippen molar-refractivity contribution in [2.24, 2.45) is 5.41 Å². The first kappa shape index (κ1) is 24.9.